The van der Waals surface area contributed by atoms with Crippen molar-refractivity contribution in [3.8, 4) is 22.9 Å². The molecule has 1 aromatic heterocycles. The maximum absolute atomic E-state index is 12.1. The summed E-state index contributed by atoms with van der Waals surface area (Å²) in [6.45, 7) is 1.31. The zero-order valence-electron chi connectivity index (χ0n) is 21.5. The minimum Gasteiger partial charge on any atom is -0.493 e. The van der Waals surface area contributed by atoms with Gasteiger partial charge in [-0.1, -0.05) is 0 Å². The van der Waals surface area contributed by atoms with Crippen LogP contribution in [-0.4, -0.2) is 83.7 Å². The largest absolute Gasteiger partial charge is 0.493 e. The molecule has 1 N–H and O–H groups in total. The number of ether oxygens (including phenoxy) is 4. The Balaban J connectivity index is 1.40. The molecule has 2 heterocycles. The van der Waals surface area contributed by atoms with Crippen LogP contribution in [0, 0.1) is 0 Å². The molecule has 200 valence electrons. The zero-order chi connectivity index (χ0) is 27.2. The van der Waals surface area contributed by atoms with Crippen molar-refractivity contribution in [2.24, 2.45) is 0 Å². The number of likely N-dealkylation sites (tertiary alicyclic amines) is 1. The predicted octanol–water partition coefficient (Wildman–Crippen LogP) is 2.96. The van der Waals surface area contributed by atoms with Gasteiger partial charge in [-0.3, -0.25) is 0 Å². The molecule has 1 saturated heterocycles. The number of rotatable bonds is 7. The number of hydrogen-bond donors (Lipinski definition) is 1. The molecule has 4 rings (SSSR count). The first-order chi connectivity index (χ1) is 18.4. The van der Waals surface area contributed by atoms with Crippen molar-refractivity contribution in [2.45, 2.75) is 18.9 Å². The molecular formula is C25H28N6O6S. The summed E-state index contributed by atoms with van der Waals surface area (Å²) in [6.07, 6.45) is 1.50. The molecule has 0 saturated carbocycles. The maximum atomic E-state index is 12.1. The molecule has 0 unspecified atom stereocenters. The number of piperidine rings is 1. The molecule has 0 atom stereocenters. The van der Waals surface area contributed by atoms with Gasteiger partial charge in [-0.2, -0.15) is 4.80 Å². The predicted molar refractivity (Wildman–Crippen MR) is 142 cm³/mol. The highest BCUT2D eigenvalue weighted by molar-refractivity contribution is 7.80. The first-order valence-corrected chi connectivity index (χ1v) is 12.2. The minimum absolute atomic E-state index is 0.0593. The molecule has 2 aromatic carbocycles. The topological polar surface area (TPSA) is 130 Å². The molecule has 0 aliphatic carbocycles. The maximum Gasteiger partial charge on any atom is 0.337 e. The van der Waals surface area contributed by atoms with E-state index in [1.165, 1.54) is 20.3 Å². The van der Waals surface area contributed by atoms with Crippen LogP contribution in [0.4, 0.5) is 5.69 Å². The summed E-state index contributed by atoms with van der Waals surface area (Å²) in [6, 6.07) is 10.1. The summed E-state index contributed by atoms with van der Waals surface area (Å²) in [4.78, 5) is 27.8. The molecule has 3 aromatic rings. The number of carbonyl (C=O) groups is 2. The molecule has 0 amide bonds. The van der Waals surface area contributed by atoms with E-state index in [4.69, 9.17) is 31.2 Å². The second-order valence-corrected chi connectivity index (χ2v) is 8.82. The van der Waals surface area contributed by atoms with Crippen molar-refractivity contribution >= 4 is 35.0 Å². The molecule has 1 fully saturated rings. The lowest BCUT2D eigenvalue weighted by Gasteiger charge is -2.33. The van der Waals surface area contributed by atoms with E-state index in [9.17, 15) is 9.59 Å². The second-order valence-electron chi connectivity index (χ2n) is 8.43. The van der Waals surface area contributed by atoms with E-state index in [0.717, 1.165) is 18.4 Å². The average molecular weight is 541 g/mol. The summed E-state index contributed by atoms with van der Waals surface area (Å²) in [7, 11) is 5.71. The number of esters is 2. The fourth-order valence-corrected chi connectivity index (χ4v) is 4.44. The quantitative estimate of drug-likeness (QED) is 0.349. The third-order valence-corrected chi connectivity index (χ3v) is 6.54. The summed E-state index contributed by atoms with van der Waals surface area (Å²) in [5.74, 6) is 0.569. The highest BCUT2D eigenvalue weighted by atomic mass is 32.1. The molecule has 13 heteroatoms. The number of aromatic nitrogens is 4. The van der Waals surface area contributed by atoms with Crippen LogP contribution in [0.15, 0.2) is 36.4 Å². The van der Waals surface area contributed by atoms with Gasteiger partial charge in [0.1, 0.15) is 0 Å². The Hall–Kier alpha value is -4.26. The highest BCUT2D eigenvalue weighted by Crippen LogP contribution is 2.31. The number of methoxy groups -OCH3 is 4. The third-order valence-electron chi connectivity index (χ3n) is 6.17. The third kappa shape index (κ3) is 5.83. The summed E-state index contributed by atoms with van der Waals surface area (Å²) in [5, 5.41) is 16.7. The number of thiocarbonyl (C=S) groups is 1. The zero-order valence-corrected chi connectivity index (χ0v) is 22.3. The lowest BCUT2D eigenvalue weighted by atomic mass is 10.1. The van der Waals surface area contributed by atoms with Gasteiger partial charge < -0.3 is 29.2 Å². The van der Waals surface area contributed by atoms with Crippen molar-refractivity contribution in [3.05, 3.63) is 47.5 Å². The molecular weight excluding hydrogens is 512 g/mol. The highest BCUT2D eigenvalue weighted by Gasteiger charge is 2.25. The Kier molecular flexibility index (Phi) is 8.36. The number of benzene rings is 2. The van der Waals surface area contributed by atoms with Crippen LogP contribution in [0.1, 0.15) is 39.6 Å². The van der Waals surface area contributed by atoms with Gasteiger partial charge in [0.25, 0.3) is 0 Å². The molecule has 1 aliphatic heterocycles. The SMILES string of the molecule is COC(=O)c1cc(NC(=S)N2CCC(n3nnc(-c4ccc(OC)c(OC)c4)n3)CC2)cc(C(=O)OC)c1. The number of carbonyl (C=O) groups excluding carboxylic acids is 2. The molecule has 0 spiro atoms. The molecule has 1 aliphatic rings. The van der Waals surface area contributed by atoms with Crippen molar-refractivity contribution in [1.29, 1.82) is 0 Å². The van der Waals surface area contributed by atoms with Crippen LogP contribution < -0.4 is 14.8 Å². The van der Waals surface area contributed by atoms with Gasteiger partial charge in [-0.05, 0) is 66.7 Å². The van der Waals surface area contributed by atoms with Crippen molar-refractivity contribution in [3.63, 3.8) is 0 Å². The lowest BCUT2D eigenvalue weighted by molar-refractivity contribution is 0.0599. The van der Waals surface area contributed by atoms with Gasteiger partial charge in [0.05, 0.1) is 45.6 Å². The van der Waals surface area contributed by atoms with E-state index < -0.39 is 11.9 Å². The van der Waals surface area contributed by atoms with Gasteiger partial charge in [-0.25, -0.2) is 9.59 Å². The molecule has 0 bridgehead atoms. The summed E-state index contributed by atoms with van der Waals surface area (Å²) >= 11 is 5.61. The van der Waals surface area contributed by atoms with Crippen LogP contribution in [0.25, 0.3) is 11.4 Å². The Morgan fingerprint density at radius 1 is 0.921 bits per heavy atom. The molecule has 12 nitrogen and oxygen atoms in total. The number of anilines is 1. The summed E-state index contributed by atoms with van der Waals surface area (Å²) < 4.78 is 20.2. The first-order valence-electron chi connectivity index (χ1n) is 11.8. The standard InChI is InChI=1S/C25H28N6O6S/c1-34-20-6-5-15(14-21(20)35-2)22-27-29-31(28-22)19-7-9-30(10-8-19)25(38)26-18-12-16(23(32)36-3)11-17(13-18)24(33)37-4/h5-6,11-14,19H,7-10H2,1-4H3,(H,26,38). The first kappa shape index (κ1) is 26.8. The Labute approximate surface area is 224 Å². The fraction of sp³-hybridized carbons (Fsp3) is 0.360. The average Bonchev–Trinajstić information content (AvgIpc) is 3.46. The van der Waals surface area contributed by atoms with Crippen LogP contribution in [0.3, 0.4) is 0 Å². The number of nitrogens with one attached hydrogen (secondary N) is 1. The second kappa shape index (κ2) is 11.9. The van der Waals surface area contributed by atoms with E-state index in [-0.39, 0.29) is 17.2 Å². The number of hydrogen-bond acceptors (Lipinski definition) is 10. The van der Waals surface area contributed by atoms with Crippen molar-refractivity contribution in [2.75, 3.05) is 46.8 Å². The van der Waals surface area contributed by atoms with E-state index in [0.29, 0.717) is 41.2 Å². The summed E-state index contributed by atoms with van der Waals surface area (Å²) in [5.41, 5.74) is 1.68. The Bertz CT molecular complexity index is 1300. The normalized spacial score (nSPS) is 13.5. The van der Waals surface area contributed by atoms with Crippen LogP contribution >= 0.6 is 12.2 Å². The van der Waals surface area contributed by atoms with E-state index in [1.807, 2.05) is 17.0 Å². The monoisotopic (exact) mass is 540 g/mol. The number of nitrogens with zero attached hydrogens (tertiary/aromatic N) is 5. The lowest BCUT2D eigenvalue weighted by Crippen LogP contribution is -2.41. The smallest absolute Gasteiger partial charge is 0.337 e. The van der Waals surface area contributed by atoms with Gasteiger partial charge in [0.2, 0.25) is 5.82 Å². The Morgan fingerprint density at radius 3 is 2.13 bits per heavy atom. The molecule has 38 heavy (non-hydrogen) atoms. The Morgan fingerprint density at radius 2 is 1.55 bits per heavy atom. The van der Waals surface area contributed by atoms with E-state index in [2.05, 4.69) is 20.7 Å². The fourth-order valence-electron chi connectivity index (χ4n) is 4.14. The van der Waals surface area contributed by atoms with Gasteiger partial charge in [0.15, 0.2) is 16.6 Å². The van der Waals surface area contributed by atoms with E-state index in [1.54, 1.807) is 37.2 Å². The van der Waals surface area contributed by atoms with E-state index >= 15 is 0 Å². The minimum atomic E-state index is -0.571. The number of tetrazole rings is 1. The van der Waals surface area contributed by atoms with Crippen LogP contribution in [-0.2, 0) is 9.47 Å². The van der Waals surface area contributed by atoms with Crippen LogP contribution in [0.5, 0.6) is 11.5 Å². The molecule has 0 radical (unpaired) electrons. The van der Waals surface area contributed by atoms with Crippen molar-refractivity contribution < 1.29 is 28.5 Å². The van der Waals surface area contributed by atoms with Gasteiger partial charge >= 0.3 is 11.9 Å². The van der Waals surface area contributed by atoms with Crippen LogP contribution in [0.2, 0.25) is 0 Å². The van der Waals surface area contributed by atoms with Crippen molar-refractivity contribution in [1.82, 2.24) is 25.1 Å². The van der Waals surface area contributed by atoms with Gasteiger partial charge in [-0.15, -0.1) is 10.2 Å². The van der Waals surface area contributed by atoms with Gasteiger partial charge in [0, 0.05) is 24.3 Å².